The van der Waals surface area contributed by atoms with E-state index < -0.39 is 5.97 Å². The summed E-state index contributed by atoms with van der Waals surface area (Å²) in [6.07, 6.45) is 2.84. The van der Waals surface area contributed by atoms with Crippen LogP contribution < -0.4 is 0 Å². The maximum atomic E-state index is 9.86. The smallest absolute Gasteiger partial charge is 0.330 e. The number of rotatable bonds is 3. The fraction of sp³-hybridized carbons (Fsp3) is 0.500. The number of allylic oxidation sites excluding steroid dienone is 1. The quantitative estimate of drug-likeness (QED) is 0.379. The van der Waals surface area contributed by atoms with Gasteiger partial charge in [0.25, 0.3) is 0 Å². The number of aliphatic imine (C=N–C) groups is 1. The van der Waals surface area contributed by atoms with Gasteiger partial charge in [0.05, 0.1) is 13.2 Å². The zero-order chi connectivity index (χ0) is 10.7. The monoisotopic (exact) mass is 187 g/mol. The standard InChI is InChI=1S/C5H8O2.C3H5NO2/c1-3-4(2)5(6)7;5-2-1-4-3-6/h3H,1-2H3,(H,6,7);5H,1-2H2. The van der Waals surface area contributed by atoms with Gasteiger partial charge >= 0.3 is 5.97 Å². The topological polar surface area (TPSA) is 87.0 Å². The highest BCUT2D eigenvalue weighted by Gasteiger charge is 1.93. The summed E-state index contributed by atoms with van der Waals surface area (Å²) in [5.74, 6) is -0.845. The molecule has 0 aliphatic carbocycles. The molecule has 0 aliphatic rings. The number of carboxylic acid groups (broad SMARTS) is 1. The Morgan fingerprint density at radius 2 is 2.15 bits per heavy atom. The Bertz CT molecular complexity index is 216. The minimum absolute atomic E-state index is 0.0742. The van der Waals surface area contributed by atoms with Crippen LogP contribution in [0.1, 0.15) is 13.8 Å². The molecule has 5 nitrogen and oxygen atoms in total. The second-order valence-corrected chi connectivity index (χ2v) is 1.97. The van der Waals surface area contributed by atoms with E-state index in [0.717, 1.165) is 0 Å². The van der Waals surface area contributed by atoms with Gasteiger partial charge in [-0.15, -0.1) is 0 Å². The van der Waals surface area contributed by atoms with Gasteiger partial charge in [0.15, 0.2) is 0 Å². The van der Waals surface area contributed by atoms with Crippen LogP contribution in [-0.2, 0) is 9.59 Å². The van der Waals surface area contributed by atoms with Crippen molar-refractivity contribution in [1.82, 2.24) is 0 Å². The highest BCUT2D eigenvalue weighted by Crippen LogP contribution is 1.87. The van der Waals surface area contributed by atoms with Crippen LogP contribution in [0.2, 0.25) is 0 Å². The predicted molar refractivity (Wildman–Crippen MR) is 47.1 cm³/mol. The van der Waals surface area contributed by atoms with E-state index in [1.54, 1.807) is 19.9 Å². The van der Waals surface area contributed by atoms with E-state index in [4.69, 9.17) is 15.0 Å². The normalized spacial score (nSPS) is 9.31. The fourth-order valence-electron chi connectivity index (χ4n) is 0.219. The number of isocyanates is 1. The number of hydrogen-bond donors (Lipinski definition) is 2. The summed E-state index contributed by atoms with van der Waals surface area (Å²) in [5, 5.41) is 16.0. The second kappa shape index (κ2) is 10.6. The lowest BCUT2D eigenvalue weighted by atomic mass is 10.3. The fourth-order valence-corrected chi connectivity index (χ4v) is 0.219. The summed E-state index contributed by atoms with van der Waals surface area (Å²) in [4.78, 5) is 22.1. The number of aliphatic hydroxyl groups is 1. The van der Waals surface area contributed by atoms with Crippen molar-refractivity contribution in [2.75, 3.05) is 13.2 Å². The predicted octanol–water partition coefficient (Wildman–Crippen LogP) is 0.352. The average molecular weight is 187 g/mol. The minimum Gasteiger partial charge on any atom is -0.478 e. The van der Waals surface area contributed by atoms with Crippen LogP contribution in [0.4, 0.5) is 0 Å². The number of nitrogens with zero attached hydrogens (tertiary/aromatic N) is 1. The van der Waals surface area contributed by atoms with E-state index in [0.29, 0.717) is 5.57 Å². The Kier molecular flexibility index (Phi) is 11.4. The molecule has 0 fully saturated rings. The van der Waals surface area contributed by atoms with Crippen molar-refractivity contribution in [2.45, 2.75) is 13.8 Å². The molecule has 0 spiro atoms. The van der Waals surface area contributed by atoms with Crippen LogP contribution >= 0.6 is 0 Å². The summed E-state index contributed by atoms with van der Waals surface area (Å²) in [7, 11) is 0. The summed E-state index contributed by atoms with van der Waals surface area (Å²) < 4.78 is 0. The highest BCUT2D eigenvalue weighted by atomic mass is 16.4. The maximum Gasteiger partial charge on any atom is 0.330 e. The molecule has 0 rings (SSSR count). The van der Waals surface area contributed by atoms with Gasteiger partial charge < -0.3 is 10.2 Å². The Morgan fingerprint density at radius 3 is 2.23 bits per heavy atom. The number of aliphatic carboxylic acids is 1. The molecule has 0 bridgehead atoms. The largest absolute Gasteiger partial charge is 0.478 e. The first kappa shape index (κ1) is 14.1. The lowest BCUT2D eigenvalue weighted by Gasteiger charge is -1.84. The Morgan fingerprint density at radius 1 is 1.62 bits per heavy atom. The lowest BCUT2D eigenvalue weighted by molar-refractivity contribution is -0.132. The van der Waals surface area contributed by atoms with E-state index in [-0.39, 0.29) is 13.2 Å². The molecule has 0 aromatic rings. The van der Waals surface area contributed by atoms with E-state index in [1.165, 1.54) is 6.08 Å². The van der Waals surface area contributed by atoms with Gasteiger partial charge in [0.2, 0.25) is 6.08 Å². The van der Waals surface area contributed by atoms with Crippen LogP contribution in [0.5, 0.6) is 0 Å². The zero-order valence-corrected chi connectivity index (χ0v) is 7.65. The molecular formula is C8H13NO4. The average Bonchev–Trinajstić information content (AvgIpc) is 2.14. The van der Waals surface area contributed by atoms with E-state index in [9.17, 15) is 4.79 Å². The van der Waals surface area contributed by atoms with Crippen LogP contribution in [0.25, 0.3) is 0 Å². The van der Waals surface area contributed by atoms with Gasteiger partial charge in [-0.2, -0.15) is 0 Å². The lowest BCUT2D eigenvalue weighted by Crippen LogP contribution is -1.93. The van der Waals surface area contributed by atoms with Gasteiger partial charge in [-0.1, -0.05) is 6.08 Å². The number of carboxylic acids is 1. The third kappa shape index (κ3) is 13.5. The van der Waals surface area contributed by atoms with Gasteiger partial charge in [-0.3, -0.25) is 0 Å². The molecule has 0 aromatic carbocycles. The molecule has 5 heteroatoms. The summed E-state index contributed by atoms with van der Waals surface area (Å²) in [6.45, 7) is 3.35. The van der Waals surface area contributed by atoms with Crippen LogP contribution in [0, 0.1) is 0 Å². The summed E-state index contributed by atoms with van der Waals surface area (Å²) in [6, 6.07) is 0. The first-order chi connectivity index (χ1) is 6.09. The summed E-state index contributed by atoms with van der Waals surface area (Å²) >= 11 is 0. The van der Waals surface area contributed by atoms with Crippen LogP contribution in [-0.4, -0.2) is 35.4 Å². The third-order valence-corrected chi connectivity index (χ3v) is 1.05. The molecule has 74 valence electrons. The number of carbonyl (C=O) groups excluding carboxylic acids is 1. The first-order valence-corrected chi connectivity index (χ1v) is 3.60. The van der Waals surface area contributed by atoms with Crippen molar-refractivity contribution < 1.29 is 19.8 Å². The molecule has 0 unspecified atom stereocenters. The van der Waals surface area contributed by atoms with Crippen molar-refractivity contribution in [3.8, 4) is 0 Å². The van der Waals surface area contributed by atoms with Crippen molar-refractivity contribution in [2.24, 2.45) is 4.99 Å². The van der Waals surface area contributed by atoms with E-state index >= 15 is 0 Å². The number of aliphatic hydroxyl groups excluding tert-OH is 1. The first-order valence-electron chi connectivity index (χ1n) is 3.60. The van der Waals surface area contributed by atoms with Crippen molar-refractivity contribution in [1.29, 1.82) is 0 Å². The van der Waals surface area contributed by atoms with Gasteiger partial charge in [-0.05, 0) is 13.8 Å². The van der Waals surface area contributed by atoms with Crippen molar-refractivity contribution >= 4 is 12.0 Å². The molecule has 0 amide bonds. The van der Waals surface area contributed by atoms with Gasteiger partial charge in [0, 0.05) is 5.57 Å². The van der Waals surface area contributed by atoms with E-state index in [1.807, 2.05) is 0 Å². The Hall–Kier alpha value is -1.45. The molecule has 0 atom stereocenters. The maximum absolute atomic E-state index is 9.86. The SMILES string of the molecule is CC=C(C)C(=O)O.O=C=NCCO. The van der Waals surface area contributed by atoms with Crippen molar-refractivity contribution in [3.05, 3.63) is 11.6 Å². The minimum atomic E-state index is -0.845. The van der Waals surface area contributed by atoms with Gasteiger partial charge in [0.1, 0.15) is 0 Å². The number of hydrogen-bond acceptors (Lipinski definition) is 4. The molecular weight excluding hydrogens is 174 g/mol. The third-order valence-electron chi connectivity index (χ3n) is 1.05. The van der Waals surface area contributed by atoms with Crippen LogP contribution in [0.15, 0.2) is 16.6 Å². The molecule has 2 N–H and O–H groups in total. The Balaban J connectivity index is 0. The van der Waals surface area contributed by atoms with Gasteiger partial charge in [-0.25, -0.2) is 14.6 Å². The van der Waals surface area contributed by atoms with Crippen LogP contribution in [0.3, 0.4) is 0 Å². The molecule has 0 heterocycles. The van der Waals surface area contributed by atoms with E-state index in [2.05, 4.69) is 4.99 Å². The molecule has 0 saturated carbocycles. The summed E-state index contributed by atoms with van der Waals surface area (Å²) in [5.41, 5.74) is 0.389. The Labute approximate surface area is 76.4 Å². The number of carbonyl (C=O) groups is 1. The molecule has 13 heavy (non-hydrogen) atoms. The van der Waals surface area contributed by atoms with Crippen molar-refractivity contribution in [3.63, 3.8) is 0 Å². The highest BCUT2D eigenvalue weighted by molar-refractivity contribution is 5.85. The molecule has 0 saturated heterocycles. The second-order valence-electron chi connectivity index (χ2n) is 1.97. The molecule has 0 aliphatic heterocycles. The molecule has 0 aromatic heterocycles. The zero-order valence-electron chi connectivity index (χ0n) is 7.65. The molecule has 0 radical (unpaired) electrons.